The number of rotatable bonds is 8. The normalized spacial score (nSPS) is 18.3. The van der Waals surface area contributed by atoms with Crippen molar-refractivity contribution in [3.05, 3.63) is 21.3 Å². The van der Waals surface area contributed by atoms with Crippen molar-refractivity contribution < 1.29 is 24.2 Å². The van der Waals surface area contributed by atoms with Crippen molar-refractivity contribution in [1.82, 2.24) is 5.32 Å². The van der Waals surface area contributed by atoms with Crippen molar-refractivity contribution in [1.29, 1.82) is 0 Å². The van der Waals surface area contributed by atoms with E-state index < -0.39 is 11.2 Å². The van der Waals surface area contributed by atoms with Gasteiger partial charge in [0.05, 0.1) is 29.9 Å². The predicted molar refractivity (Wildman–Crippen MR) is 108 cm³/mol. The molecule has 1 aliphatic heterocycles. The smallest absolute Gasteiger partial charge is 0.305 e. The van der Waals surface area contributed by atoms with E-state index in [2.05, 4.69) is 38.1 Å². The highest BCUT2D eigenvalue weighted by atomic mass is 127. The zero-order valence-electron chi connectivity index (χ0n) is 14.2. The Morgan fingerprint density at radius 3 is 2.92 bits per heavy atom. The lowest BCUT2D eigenvalue weighted by atomic mass is 10.2. The molecule has 1 amide bonds. The summed E-state index contributed by atoms with van der Waals surface area (Å²) >= 11 is 3.21. The molecule has 1 atom stereocenters. The van der Waals surface area contributed by atoms with Crippen LogP contribution in [0.2, 0.25) is 0 Å². The summed E-state index contributed by atoms with van der Waals surface area (Å²) in [4.78, 5) is 22.4. The summed E-state index contributed by atoms with van der Waals surface area (Å²) in [5, 5.41) is 18.8. The molecule has 26 heavy (non-hydrogen) atoms. The van der Waals surface area contributed by atoms with Gasteiger partial charge in [0.25, 0.3) is 0 Å². The minimum Gasteiger partial charge on any atom is -0.493 e. The maximum Gasteiger partial charge on any atom is 0.305 e. The Morgan fingerprint density at radius 2 is 2.27 bits per heavy atom. The number of hydrogen-bond acceptors (Lipinski definition) is 7. The second kappa shape index (κ2) is 9.76. The maximum absolute atomic E-state index is 11.6. The molecule has 0 aromatic heterocycles. The lowest BCUT2D eigenvalue weighted by molar-refractivity contribution is -0.138. The number of aliphatic carboxylic acids is 1. The third-order valence-corrected chi connectivity index (χ3v) is 5.07. The third kappa shape index (κ3) is 5.59. The largest absolute Gasteiger partial charge is 0.493 e. The first-order valence-electron chi connectivity index (χ1n) is 7.75. The van der Waals surface area contributed by atoms with Gasteiger partial charge in [-0.2, -0.15) is 5.10 Å². The second-order valence-corrected chi connectivity index (χ2v) is 7.58. The quantitative estimate of drug-likeness (QED) is 0.329. The van der Waals surface area contributed by atoms with E-state index in [1.807, 2.05) is 13.0 Å². The fourth-order valence-electron chi connectivity index (χ4n) is 2.05. The number of thioether (sulfide) groups is 1. The molecule has 0 aliphatic carbocycles. The summed E-state index contributed by atoms with van der Waals surface area (Å²) in [5.41, 5.74) is 0.760. The van der Waals surface area contributed by atoms with Crippen LogP contribution in [0.4, 0.5) is 0 Å². The molecule has 1 aliphatic rings. The number of carbonyl (C=O) groups excluding carboxylic acids is 1. The summed E-state index contributed by atoms with van der Waals surface area (Å²) in [6.07, 6.45) is 2.17. The highest BCUT2D eigenvalue weighted by Gasteiger charge is 2.32. The fourth-order valence-corrected chi connectivity index (χ4v) is 3.75. The SMILES string of the molecule is CCCOc1c(I)cc(C=NN=C2NC(=O)C(CC(=O)O)S2)cc1OC. The molecule has 0 radical (unpaired) electrons. The Bertz CT molecular complexity index is 754. The van der Waals surface area contributed by atoms with E-state index in [0.717, 1.165) is 27.3 Å². The maximum atomic E-state index is 11.6. The van der Waals surface area contributed by atoms with Gasteiger partial charge >= 0.3 is 5.97 Å². The van der Waals surface area contributed by atoms with E-state index in [1.165, 1.54) is 6.21 Å². The molecule has 1 aromatic carbocycles. The van der Waals surface area contributed by atoms with Crippen molar-refractivity contribution in [3.63, 3.8) is 0 Å². The average Bonchev–Trinajstić information content (AvgIpc) is 2.92. The van der Waals surface area contributed by atoms with Gasteiger partial charge < -0.3 is 19.9 Å². The number of amides is 1. The number of ether oxygens (including phenoxy) is 2. The van der Waals surface area contributed by atoms with Gasteiger partial charge in [-0.3, -0.25) is 9.59 Å². The first kappa shape index (κ1) is 20.5. The molecule has 0 saturated carbocycles. The number of hydrogen-bond donors (Lipinski definition) is 2. The van der Waals surface area contributed by atoms with E-state index in [-0.39, 0.29) is 17.5 Å². The van der Waals surface area contributed by atoms with Crippen LogP contribution in [0, 0.1) is 3.57 Å². The molecule has 1 unspecified atom stereocenters. The van der Waals surface area contributed by atoms with Gasteiger partial charge in [0, 0.05) is 0 Å². The molecule has 1 aromatic rings. The number of carboxylic acid groups (broad SMARTS) is 1. The van der Waals surface area contributed by atoms with Crippen LogP contribution in [-0.2, 0) is 9.59 Å². The number of methoxy groups -OCH3 is 1. The van der Waals surface area contributed by atoms with Crippen LogP contribution in [0.3, 0.4) is 0 Å². The molecule has 1 heterocycles. The first-order valence-corrected chi connectivity index (χ1v) is 9.71. The van der Waals surface area contributed by atoms with E-state index >= 15 is 0 Å². The van der Waals surface area contributed by atoms with Crippen LogP contribution in [-0.4, -0.2) is 47.3 Å². The summed E-state index contributed by atoms with van der Waals surface area (Å²) in [7, 11) is 1.57. The first-order chi connectivity index (χ1) is 12.4. The number of amidine groups is 1. The average molecular weight is 491 g/mol. The molecule has 2 N–H and O–H groups in total. The van der Waals surface area contributed by atoms with E-state index in [4.69, 9.17) is 14.6 Å². The molecule has 2 rings (SSSR count). The molecular weight excluding hydrogens is 473 g/mol. The molecule has 140 valence electrons. The Kier molecular flexibility index (Phi) is 7.69. The minimum atomic E-state index is -1.03. The monoisotopic (exact) mass is 491 g/mol. The van der Waals surface area contributed by atoms with Crippen molar-refractivity contribution in [2.24, 2.45) is 10.2 Å². The van der Waals surface area contributed by atoms with E-state index in [0.29, 0.717) is 18.1 Å². The molecule has 1 saturated heterocycles. The van der Waals surface area contributed by atoms with Crippen molar-refractivity contribution in [3.8, 4) is 11.5 Å². The van der Waals surface area contributed by atoms with Crippen LogP contribution in [0.25, 0.3) is 0 Å². The lowest BCUT2D eigenvalue weighted by Crippen LogP contribution is -2.26. The lowest BCUT2D eigenvalue weighted by Gasteiger charge is -2.12. The van der Waals surface area contributed by atoms with Gasteiger partial charge in [-0.1, -0.05) is 18.7 Å². The van der Waals surface area contributed by atoms with E-state index in [1.54, 1.807) is 13.2 Å². The van der Waals surface area contributed by atoms with Crippen LogP contribution in [0.5, 0.6) is 11.5 Å². The van der Waals surface area contributed by atoms with Crippen molar-refractivity contribution in [2.75, 3.05) is 13.7 Å². The number of carboxylic acids is 1. The Hall–Kier alpha value is -1.82. The topological polar surface area (TPSA) is 110 Å². The zero-order valence-corrected chi connectivity index (χ0v) is 17.2. The number of carbonyl (C=O) groups is 2. The van der Waals surface area contributed by atoms with Crippen LogP contribution >= 0.6 is 34.4 Å². The number of benzene rings is 1. The van der Waals surface area contributed by atoms with Crippen molar-refractivity contribution >= 4 is 57.6 Å². The number of halogens is 1. The zero-order chi connectivity index (χ0) is 19.1. The summed E-state index contributed by atoms with van der Waals surface area (Å²) in [6, 6.07) is 3.66. The highest BCUT2D eigenvalue weighted by molar-refractivity contribution is 14.1. The Morgan fingerprint density at radius 1 is 1.50 bits per heavy atom. The number of nitrogens with one attached hydrogen (secondary N) is 1. The molecule has 1 fully saturated rings. The molecular formula is C16H18IN3O5S. The highest BCUT2D eigenvalue weighted by Crippen LogP contribution is 2.33. The summed E-state index contributed by atoms with van der Waals surface area (Å²) < 4.78 is 11.9. The molecule has 0 spiro atoms. The van der Waals surface area contributed by atoms with Crippen LogP contribution < -0.4 is 14.8 Å². The van der Waals surface area contributed by atoms with Gasteiger partial charge in [-0.05, 0) is 46.7 Å². The molecule has 10 heteroatoms. The summed E-state index contributed by atoms with van der Waals surface area (Å²) in [5.74, 6) is -0.118. The standard InChI is InChI=1S/C16H18IN3O5S/c1-3-4-25-14-10(17)5-9(6-11(14)24-2)8-18-20-16-19-15(23)12(26-16)7-13(21)22/h5-6,8,12H,3-4,7H2,1-2H3,(H,21,22)(H,19,20,23). The van der Waals surface area contributed by atoms with Gasteiger partial charge in [0.2, 0.25) is 5.91 Å². The van der Waals surface area contributed by atoms with Crippen LogP contribution in [0.15, 0.2) is 22.3 Å². The predicted octanol–water partition coefficient (Wildman–Crippen LogP) is 2.48. The Balaban J connectivity index is 2.09. The van der Waals surface area contributed by atoms with Crippen molar-refractivity contribution in [2.45, 2.75) is 25.0 Å². The number of nitrogens with zero attached hydrogens (tertiary/aromatic N) is 2. The van der Waals surface area contributed by atoms with Crippen LogP contribution in [0.1, 0.15) is 25.3 Å². The van der Waals surface area contributed by atoms with Gasteiger partial charge in [0.15, 0.2) is 16.7 Å². The minimum absolute atomic E-state index is 0.256. The summed E-state index contributed by atoms with van der Waals surface area (Å²) in [6.45, 7) is 2.63. The molecule has 8 nitrogen and oxygen atoms in total. The van der Waals surface area contributed by atoms with Gasteiger partial charge in [-0.25, -0.2) is 0 Å². The second-order valence-electron chi connectivity index (χ2n) is 5.23. The Labute approximate surface area is 168 Å². The third-order valence-electron chi connectivity index (χ3n) is 3.19. The molecule has 0 bridgehead atoms. The van der Waals surface area contributed by atoms with Gasteiger partial charge in [0.1, 0.15) is 5.25 Å². The van der Waals surface area contributed by atoms with Gasteiger partial charge in [-0.15, -0.1) is 5.10 Å². The van der Waals surface area contributed by atoms with E-state index in [9.17, 15) is 9.59 Å². The fraction of sp³-hybridized carbons (Fsp3) is 0.375.